The van der Waals surface area contributed by atoms with Gasteiger partial charge in [0.2, 0.25) is 5.95 Å². The molecular formula is C21H26N6O. The van der Waals surface area contributed by atoms with Gasteiger partial charge in [0.15, 0.2) is 0 Å². The third-order valence-corrected chi connectivity index (χ3v) is 6.07. The van der Waals surface area contributed by atoms with E-state index in [1.165, 1.54) is 22.2 Å². The van der Waals surface area contributed by atoms with Crippen molar-refractivity contribution in [2.24, 2.45) is 0 Å². The average molecular weight is 378 g/mol. The highest BCUT2D eigenvalue weighted by Crippen LogP contribution is 2.44. The smallest absolute Gasteiger partial charge is 0.223 e. The Morgan fingerprint density at radius 1 is 1.18 bits per heavy atom. The summed E-state index contributed by atoms with van der Waals surface area (Å²) in [6.45, 7) is 2.52. The van der Waals surface area contributed by atoms with Gasteiger partial charge in [0, 0.05) is 44.2 Å². The molecule has 0 radical (unpaired) electrons. The second-order valence-electron chi connectivity index (χ2n) is 7.94. The molecule has 0 unspecified atom stereocenters. The van der Waals surface area contributed by atoms with Crippen LogP contribution in [-0.2, 0) is 16.8 Å². The molecule has 2 aliphatic rings. The predicted molar refractivity (Wildman–Crippen MR) is 112 cm³/mol. The Morgan fingerprint density at radius 3 is 2.75 bits per heavy atom. The van der Waals surface area contributed by atoms with Crippen LogP contribution in [0.3, 0.4) is 0 Å². The van der Waals surface area contributed by atoms with Crippen LogP contribution in [0.1, 0.15) is 24.1 Å². The average Bonchev–Trinajstić information content (AvgIpc) is 3.09. The summed E-state index contributed by atoms with van der Waals surface area (Å²) in [5.41, 5.74) is 9.62. The quantitative estimate of drug-likeness (QED) is 0.713. The molecular weight excluding hydrogens is 352 g/mol. The van der Waals surface area contributed by atoms with Crippen LogP contribution in [-0.4, -0.2) is 48.7 Å². The number of hydrogen-bond donors (Lipinski definition) is 2. The van der Waals surface area contributed by atoms with Crippen LogP contribution < -0.4 is 15.5 Å². The summed E-state index contributed by atoms with van der Waals surface area (Å²) >= 11 is 0. The van der Waals surface area contributed by atoms with E-state index in [4.69, 9.17) is 10.5 Å². The molecule has 0 amide bonds. The summed E-state index contributed by atoms with van der Waals surface area (Å²) in [4.78, 5) is 16.7. The number of nitrogens with zero attached hydrogens (tertiary/aromatic N) is 4. The van der Waals surface area contributed by atoms with Gasteiger partial charge in [-0.1, -0.05) is 18.2 Å². The number of ether oxygens (including phenoxy) is 1. The van der Waals surface area contributed by atoms with E-state index in [-0.39, 0.29) is 5.60 Å². The van der Waals surface area contributed by atoms with E-state index in [2.05, 4.69) is 44.1 Å². The largest absolute Gasteiger partial charge is 0.368 e. The van der Waals surface area contributed by atoms with Gasteiger partial charge in [0.25, 0.3) is 0 Å². The van der Waals surface area contributed by atoms with E-state index in [9.17, 15) is 0 Å². The van der Waals surface area contributed by atoms with Crippen molar-refractivity contribution in [3.63, 3.8) is 0 Å². The number of piperidine rings is 1. The second kappa shape index (κ2) is 6.38. The molecule has 3 N–H and O–H groups in total. The number of para-hydroxylation sites is 1. The van der Waals surface area contributed by atoms with Crippen LogP contribution in [0, 0.1) is 0 Å². The number of rotatable bonds is 2. The lowest BCUT2D eigenvalue weighted by atomic mass is 9.83. The van der Waals surface area contributed by atoms with Gasteiger partial charge >= 0.3 is 0 Å². The van der Waals surface area contributed by atoms with E-state index in [1.54, 1.807) is 0 Å². The first kappa shape index (κ1) is 17.3. The van der Waals surface area contributed by atoms with E-state index < -0.39 is 0 Å². The molecule has 2 aromatic heterocycles. The number of benzene rings is 1. The number of aromatic nitrogens is 3. The number of hydrogen-bond acceptors (Lipinski definition) is 6. The highest BCUT2D eigenvalue weighted by Gasteiger charge is 2.43. The fraction of sp³-hybridized carbons (Fsp3) is 0.429. The van der Waals surface area contributed by atoms with Crippen LogP contribution in [0.2, 0.25) is 0 Å². The van der Waals surface area contributed by atoms with Gasteiger partial charge in [-0.3, -0.25) is 0 Å². The standard InChI is InChI=1S/C21H26N6O/c1-26(2)17-13-18(25-20(22)24-17)27-10-8-21(9-11-27)19-15(7-12-28-21)14-5-3-4-6-16(14)23-19/h3-6,13,23H,7-12H2,1-2H3,(H2,22,24,25). The maximum Gasteiger partial charge on any atom is 0.223 e. The van der Waals surface area contributed by atoms with Crippen LogP contribution in [0.5, 0.6) is 0 Å². The molecule has 0 saturated carbocycles. The second-order valence-corrected chi connectivity index (χ2v) is 7.94. The van der Waals surface area contributed by atoms with Gasteiger partial charge in [-0.2, -0.15) is 9.97 Å². The van der Waals surface area contributed by atoms with Crippen molar-refractivity contribution in [1.82, 2.24) is 15.0 Å². The molecule has 3 aromatic rings. The maximum absolute atomic E-state index is 6.41. The molecule has 4 heterocycles. The fourth-order valence-corrected chi connectivity index (χ4v) is 4.59. The van der Waals surface area contributed by atoms with Crippen molar-refractivity contribution in [2.75, 3.05) is 49.3 Å². The van der Waals surface area contributed by atoms with Crippen LogP contribution >= 0.6 is 0 Å². The van der Waals surface area contributed by atoms with Crippen molar-refractivity contribution in [3.8, 4) is 0 Å². The Hall–Kier alpha value is -2.80. The SMILES string of the molecule is CN(C)c1cc(N2CCC3(CC2)OCCc2c3[nH]c3ccccc23)nc(N)n1. The number of aromatic amines is 1. The summed E-state index contributed by atoms with van der Waals surface area (Å²) in [5, 5.41) is 1.34. The van der Waals surface area contributed by atoms with Crippen molar-refractivity contribution in [1.29, 1.82) is 0 Å². The molecule has 2 aliphatic heterocycles. The molecule has 7 heteroatoms. The fourth-order valence-electron chi connectivity index (χ4n) is 4.59. The molecule has 1 aromatic carbocycles. The van der Waals surface area contributed by atoms with Gasteiger partial charge in [-0.25, -0.2) is 0 Å². The monoisotopic (exact) mass is 378 g/mol. The molecule has 5 rings (SSSR count). The molecule has 146 valence electrons. The third kappa shape index (κ3) is 2.69. The topological polar surface area (TPSA) is 83.3 Å². The number of H-pyrrole nitrogens is 1. The zero-order valence-electron chi connectivity index (χ0n) is 16.4. The number of nitrogens with one attached hydrogen (secondary N) is 1. The van der Waals surface area contributed by atoms with Crippen LogP contribution in [0.4, 0.5) is 17.6 Å². The molecule has 28 heavy (non-hydrogen) atoms. The number of fused-ring (bicyclic) bond motifs is 4. The van der Waals surface area contributed by atoms with Crippen molar-refractivity contribution >= 4 is 28.5 Å². The van der Waals surface area contributed by atoms with E-state index >= 15 is 0 Å². The molecule has 0 bridgehead atoms. The van der Waals surface area contributed by atoms with Gasteiger partial charge in [-0.15, -0.1) is 0 Å². The minimum atomic E-state index is -0.230. The lowest BCUT2D eigenvalue weighted by Gasteiger charge is -2.44. The molecule has 0 aliphatic carbocycles. The highest BCUT2D eigenvalue weighted by molar-refractivity contribution is 5.85. The predicted octanol–water partition coefficient (Wildman–Crippen LogP) is 2.67. The summed E-state index contributed by atoms with van der Waals surface area (Å²) < 4.78 is 6.41. The molecule has 1 fully saturated rings. The van der Waals surface area contributed by atoms with Gasteiger partial charge in [0.1, 0.15) is 17.2 Å². The van der Waals surface area contributed by atoms with Crippen molar-refractivity contribution in [2.45, 2.75) is 24.9 Å². The molecule has 1 spiro atoms. The number of nitrogen functional groups attached to an aromatic ring is 1. The highest BCUT2D eigenvalue weighted by atomic mass is 16.5. The zero-order valence-corrected chi connectivity index (χ0v) is 16.4. The summed E-state index contributed by atoms with van der Waals surface area (Å²) in [7, 11) is 3.92. The lowest BCUT2D eigenvalue weighted by molar-refractivity contribution is -0.0790. The first-order valence-corrected chi connectivity index (χ1v) is 9.87. The van der Waals surface area contributed by atoms with Crippen molar-refractivity contribution in [3.05, 3.63) is 41.6 Å². The van der Waals surface area contributed by atoms with E-state index in [0.29, 0.717) is 5.95 Å². The van der Waals surface area contributed by atoms with E-state index in [1.807, 2.05) is 25.1 Å². The minimum absolute atomic E-state index is 0.230. The van der Waals surface area contributed by atoms with Gasteiger partial charge in [0.05, 0.1) is 12.3 Å². The molecule has 0 atom stereocenters. The maximum atomic E-state index is 6.41. The summed E-state index contributed by atoms with van der Waals surface area (Å²) in [5.74, 6) is 2.03. The normalized spacial score (nSPS) is 18.4. The first-order valence-electron chi connectivity index (χ1n) is 9.87. The number of nitrogens with two attached hydrogens (primary N) is 1. The van der Waals surface area contributed by atoms with Gasteiger partial charge in [-0.05, 0) is 30.9 Å². The summed E-state index contributed by atoms with van der Waals surface area (Å²) in [6.07, 6.45) is 2.82. The zero-order chi connectivity index (χ0) is 19.3. The Kier molecular flexibility index (Phi) is 3.94. The summed E-state index contributed by atoms with van der Waals surface area (Å²) in [6, 6.07) is 10.6. The van der Waals surface area contributed by atoms with Crippen LogP contribution in [0.25, 0.3) is 10.9 Å². The van der Waals surface area contributed by atoms with E-state index in [0.717, 1.165) is 50.6 Å². The Morgan fingerprint density at radius 2 is 1.96 bits per heavy atom. The Balaban J connectivity index is 1.44. The minimum Gasteiger partial charge on any atom is -0.368 e. The molecule has 7 nitrogen and oxygen atoms in total. The third-order valence-electron chi connectivity index (χ3n) is 6.07. The first-order chi connectivity index (χ1) is 13.6. The Labute approximate surface area is 164 Å². The Bertz CT molecular complexity index is 1020. The van der Waals surface area contributed by atoms with Crippen molar-refractivity contribution < 1.29 is 4.74 Å². The molecule has 1 saturated heterocycles. The van der Waals surface area contributed by atoms with Gasteiger partial charge < -0.3 is 25.3 Å². The van der Waals surface area contributed by atoms with Crippen LogP contribution in [0.15, 0.2) is 30.3 Å². The number of anilines is 3. The lowest BCUT2D eigenvalue weighted by Crippen LogP contribution is -2.47.